The molecule has 1 aliphatic carbocycles. The molecule has 1 fully saturated rings. The van der Waals surface area contributed by atoms with Crippen molar-refractivity contribution in [2.24, 2.45) is 5.41 Å². The molecular formula is C18H27NO2. The lowest BCUT2D eigenvalue weighted by atomic mass is 9.82. The van der Waals surface area contributed by atoms with Crippen molar-refractivity contribution in [3.05, 3.63) is 28.8 Å². The first-order valence-corrected chi connectivity index (χ1v) is 8.14. The van der Waals surface area contributed by atoms with E-state index in [0.29, 0.717) is 17.1 Å². The fourth-order valence-corrected chi connectivity index (χ4v) is 3.94. The summed E-state index contributed by atoms with van der Waals surface area (Å²) >= 11 is 0. The van der Waals surface area contributed by atoms with Gasteiger partial charge in [-0.25, -0.2) is 0 Å². The number of ether oxygens (including phenoxy) is 1. The van der Waals surface area contributed by atoms with Gasteiger partial charge in [-0.05, 0) is 54.7 Å². The molecule has 1 aromatic rings. The van der Waals surface area contributed by atoms with Crippen LogP contribution in [0.2, 0.25) is 0 Å². The van der Waals surface area contributed by atoms with Crippen molar-refractivity contribution in [3.8, 4) is 5.75 Å². The molecule has 116 valence electrons. The van der Waals surface area contributed by atoms with E-state index in [4.69, 9.17) is 4.74 Å². The summed E-state index contributed by atoms with van der Waals surface area (Å²) in [6, 6.07) is 4.17. The Labute approximate surface area is 127 Å². The Morgan fingerprint density at radius 1 is 1.29 bits per heavy atom. The number of phenols is 1. The Morgan fingerprint density at radius 2 is 2.00 bits per heavy atom. The predicted molar refractivity (Wildman–Crippen MR) is 84.8 cm³/mol. The van der Waals surface area contributed by atoms with Crippen molar-refractivity contribution in [2.75, 3.05) is 19.8 Å². The van der Waals surface area contributed by atoms with E-state index in [-0.39, 0.29) is 6.04 Å². The summed E-state index contributed by atoms with van der Waals surface area (Å²) < 4.78 is 5.48. The number of hydrogen-bond donors (Lipinski definition) is 2. The monoisotopic (exact) mass is 289 g/mol. The van der Waals surface area contributed by atoms with Gasteiger partial charge >= 0.3 is 0 Å². The molecule has 1 aliphatic heterocycles. The van der Waals surface area contributed by atoms with Gasteiger partial charge in [0.15, 0.2) is 0 Å². The van der Waals surface area contributed by atoms with Crippen LogP contribution in [-0.2, 0) is 4.74 Å². The summed E-state index contributed by atoms with van der Waals surface area (Å²) in [6.07, 6.45) is 3.32. The third-order valence-electron chi connectivity index (χ3n) is 5.39. The normalized spacial score (nSPS) is 27.6. The molecule has 3 heteroatoms. The zero-order valence-electron chi connectivity index (χ0n) is 13.4. The molecule has 0 spiro atoms. The zero-order chi connectivity index (χ0) is 15.0. The Bertz CT molecular complexity index is 520. The van der Waals surface area contributed by atoms with Crippen LogP contribution >= 0.6 is 0 Å². The van der Waals surface area contributed by atoms with Crippen LogP contribution in [0.4, 0.5) is 0 Å². The number of aryl methyl sites for hydroxylation is 1. The molecule has 3 nitrogen and oxygen atoms in total. The topological polar surface area (TPSA) is 41.5 Å². The molecule has 0 radical (unpaired) electrons. The third-order valence-corrected chi connectivity index (χ3v) is 5.39. The van der Waals surface area contributed by atoms with Gasteiger partial charge in [-0.1, -0.05) is 19.9 Å². The van der Waals surface area contributed by atoms with Crippen molar-refractivity contribution >= 4 is 0 Å². The van der Waals surface area contributed by atoms with Gasteiger partial charge in [0, 0.05) is 31.4 Å². The molecule has 2 unspecified atom stereocenters. The molecule has 1 heterocycles. The second-order valence-corrected chi connectivity index (χ2v) is 7.22. The summed E-state index contributed by atoms with van der Waals surface area (Å²) in [5.41, 5.74) is 4.11. The molecule has 1 saturated heterocycles. The minimum absolute atomic E-state index is 0.287. The van der Waals surface area contributed by atoms with Crippen LogP contribution in [0.5, 0.6) is 5.75 Å². The average molecular weight is 289 g/mol. The standard InChI is InChI=1S/C18H27NO2/c1-12-4-5-15(20)17-14(10-13(2)16(12)17)19-11-18(3)6-8-21-9-7-18/h4-5,13-14,19-20H,6-11H2,1-3H3. The lowest BCUT2D eigenvalue weighted by Crippen LogP contribution is -2.38. The van der Waals surface area contributed by atoms with Crippen molar-refractivity contribution in [1.82, 2.24) is 5.32 Å². The number of nitrogens with one attached hydrogen (secondary N) is 1. The second kappa shape index (κ2) is 5.62. The molecule has 1 aromatic carbocycles. The fourth-order valence-electron chi connectivity index (χ4n) is 3.94. The van der Waals surface area contributed by atoms with E-state index in [1.807, 2.05) is 12.1 Å². The minimum atomic E-state index is 0.287. The summed E-state index contributed by atoms with van der Waals surface area (Å²) in [7, 11) is 0. The van der Waals surface area contributed by atoms with E-state index in [0.717, 1.165) is 44.6 Å². The van der Waals surface area contributed by atoms with Gasteiger partial charge in [-0.2, -0.15) is 0 Å². The molecule has 0 amide bonds. The molecular weight excluding hydrogens is 262 g/mol. The highest BCUT2D eigenvalue weighted by Crippen LogP contribution is 2.46. The number of fused-ring (bicyclic) bond motifs is 1. The number of phenolic OH excluding ortho intramolecular Hbond substituents is 1. The van der Waals surface area contributed by atoms with Crippen LogP contribution < -0.4 is 5.32 Å². The highest BCUT2D eigenvalue weighted by Gasteiger charge is 2.34. The van der Waals surface area contributed by atoms with Gasteiger partial charge in [0.1, 0.15) is 5.75 Å². The molecule has 0 aromatic heterocycles. The fraction of sp³-hybridized carbons (Fsp3) is 0.667. The van der Waals surface area contributed by atoms with Crippen LogP contribution in [0, 0.1) is 12.3 Å². The molecule has 2 N–H and O–H groups in total. The molecule has 0 bridgehead atoms. The molecule has 21 heavy (non-hydrogen) atoms. The molecule has 0 saturated carbocycles. The van der Waals surface area contributed by atoms with Gasteiger partial charge in [0.2, 0.25) is 0 Å². The summed E-state index contributed by atoms with van der Waals surface area (Å²) in [6.45, 7) is 9.51. The first-order valence-electron chi connectivity index (χ1n) is 8.14. The summed E-state index contributed by atoms with van der Waals surface area (Å²) in [4.78, 5) is 0. The van der Waals surface area contributed by atoms with E-state index < -0.39 is 0 Å². The largest absolute Gasteiger partial charge is 0.508 e. The number of hydrogen-bond acceptors (Lipinski definition) is 3. The van der Waals surface area contributed by atoms with Crippen molar-refractivity contribution in [3.63, 3.8) is 0 Å². The minimum Gasteiger partial charge on any atom is -0.508 e. The summed E-state index contributed by atoms with van der Waals surface area (Å²) in [5.74, 6) is 0.974. The number of aromatic hydroxyl groups is 1. The SMILES string of the molecule is Cc1ccc(O)c2c1C(C)CC2NCC1(C)CCOCC1. The van der Waals surface area contributed by atoms with E-state index in [1.165, 1.54) is 11.1 Å². The lowest BCUT2D eigenvalue weighted by molar-refractivity contribution is 0.0228. The van der Waals surface area contributed by atoms with E-state index >= 15 is 0 Å². The van der Waals surface area contributed by atoms with Crippen molar-refractivity contribution < 1.29 is 9.84 Å². The van der Waals surface area contributed by atoms with E-state index in [2.05, 4.69) is 26.1 Å². The van der Waals surface area contributed by atoms with Gasteiger partial charge in [-0.15, -0.1) is 0 Å². The first kappa shape index (κ1) is 14.9. The molecule has 2 aliphatic rings. The number of benzene rings is 1. The van der Waals surface area contributed by atoms with E-state index in [1.54, 1.807) is 0 Å². The van der Waals surface area contributed by atoms with Crippen LogP contribution in [0.3, 0.4) is 0 Å². The maximum Gasteiger partial charge on any atom is 0.120 e. The first-order chi connectivity index (χ1) is 10.0. The lowest BCUT2D eigenvalue weighted by Gasteiger charge is -2.35. The molecule has 3 rings (SSSR count). The number of rotatable bonds is 3. The Hall–Kier alpha value is -1.06. The van der Waals surface area contributed by atoms with Crippen molar-refractivity contribution in [1.29, 1.82) is 0 Å². The zero-order valence-corrected chi connectivity index (χ0v) is 13.4. The quantitative estimate of drug-likeness (QED) is 0.892. The third kappa shape index (κ3) is 2.82. The average Bonchev–Trinajstić information content (AvgIpc) is 2.80. The van der Waals surface area contributed by atoms with Crippen LogP contribution in [0.25, 0.3) is 0 Å². The van der Waals surface area contributed by atoms with Gasteiger partial charge < -0.3 is 15.2 Å². The Kier molecular flexibility index (Phi) is 3.98. The van der Waals surface area contributed by atoms with Gasteiger partial charge in [0.05, 0.1) is 0 Å². The van der Waals surface area contributed by atoms with Crippen LogP contribution in [0.15, 0.2) is 12.1 Å². The second-order valence-electron chi connectivity index (χ2n) is 7.22. The van der Waals surface area contributed by atoms with Gasteiger partial charge in [0.25, 0.3) is 0 Å². The van der Waals surface area contributed by atoms with Gasteiger partial charge in [-0.3, -0.25) is 0 Å². The molecule has 2 atom stereocenters. The Morgan fingerprint density at radius 3 is 2.71 bits per heavy atom. The summed E-state index contributed by atoms with van der Waals surface area (Å²) in [5, 5.41) is 14.0. The smallest absolute Gasteiger partial charge is 0.120 e. The predicted octanol–water partition coefficient (Wildman–Crippen LogP) is 3.66. The highest BCUT2D eigenvalue weighted by molar-refractivity contribution is 5.50. The maximum absolute atomic E-state index is 10.3. The Balaban J connectivity index is 1.76. The van der Waals surface area contributed by atoms with Crippen molar-refractivity contribution in [2.45, 2.75) is 52.0 Å². The highest BCUT2D eigenvalue weighted by atomic mass is 16.5. The van der Waals surface area contributed by atoms with Crippen LogP contribution in [-0.4, -0.2) is 24.9 Å². The van der Waals surface area contributed by atoms with Crippen LogP contribution in [0.1, 0.15) is 61.8 Å². The maximum atomic E-state index is 10.3. The van der Waals surface area contributed by atoms with E-state index in [9.17, 15) is 5.11 Å².